The van der Waals surface area contributed by atoms with E-state index in [4.69, 9.17) is 32.4 Å². The van der Waals surface area contributed by atoms with E-state index in [2.05, 4.69) is 10.7 Å². The van der Waals surface area contributed by atoms with E-state index in [1.807, 2.05) is 5.43 Å². The maximum atomic E-state index is 12.7. The van der Waals surface area contributed by atoms with Crippen molar-refractivity contribution in [3.05, 3.63) is 81.7 Å². The van der Waals surface area contributed by atoms with E-state index in [1.165, 1.54) is 24.3 Å². The van der Waals surface area contributed by atoms with Gasteiger partial charge in [-0.15, -0.1) is 0 Å². The Morgan fingerprint density at radius 1 is 1.00 bits per heavy atom. The molecule has 0 radical (unpaired) electrons. The summed E-state index contributed by atoms with van der Waals surface area (Å²) in [6.45, 7) is -0.0448. The lowest BCUT2D eigenvalue weighted by Gasteiger charge is -2.11. The predicted octanol–water partition coefficient (Wildman–Crippen LogP) is 5.65. The Kier molecular flexibility index (Phi) is 7.16. The fourth-order valence-corrected chi connectivity index (χ4v) is 2.76. The molecule has 0 aliphatic heterocycles. The van der Waals surface area contributed by atoms with Crippen LogP contribution in [0.4, 0.5) is 23.7 Å². The SMILES string of the molecule is O=C(NNC(=O)c1ccc(COc2cc(Cl)ccc2Cl)o1)Nc1cccc(C(F)(F)F)c1. The number of urea groups is 1. The first-order valence-corrected chi connectivity index (χ1v) is 9.58. The number of hydrazine groups is 1. The van der Waals surface area contributed by atoms with Crippen molar-refractivity contribution in [1.82, 2.24) is 10.9 Å². The van der Waals surface area contributed by atoms with Crippen molar-refractivity contribution >= 4 is 40.8 Å². The van der Waals surface area contributed by atoms with Crippen molar-refractivity contribution in [3.63, 3.8) is 0 Å². The third-order valence-electron chi connectivity index (χ3n) is 3.89. The highest BCUT2D eigenvalue weighted by Crippen LogP contribution is 2.31. The molecule has 12 heteroatoms. The van der Waals surface area contributed by atoms with Gasteiger partial charge in [-0.2, -0.15) is 13.2 Å². The molecular weight excluding hydrogens is 474 g/mol. The lowest BCUT2D eigenvalue weighted by atomic mass is 10.2. The van der Waals surface area contributed by atoms with Crippen LogP contribution in [0.3, 0.4) is 0 Å². The number of benzene rings is 2. The van der Waals surface area contributed by atoms with Gasteiger partial charge in [-0.05, 0) is 42.5 Å². The highest BCUT2D eigenvalue weighted by atomic mass is 35.5. The van der Waals surface area contributed by atoms with E-state index in [0.717, 1.165) is 18.2 Å². The van der Waals surface area contributed by atoms with Crippen molar-refractivity contribution in [2.75, 3.05) is 5.32 Å². The molecule has 3 aromatic rings. The summed E-state index contributed by atoms with van der Waals surface area (Å²) in [4.78, 5) is 23.9. The predicted molar refractivity (Wildman–Crippen MR) is 111 cm³/mol. The average Bonchev–Trinajstić information content (AvgIpc) is 3.21. The minimum absolute atomic E-state index is 0.0448. The Hall–Kier alpha value is -3.37. The summed E-state index contributed by atoms with van der Waals surface area (Å²) in [7, 11) is 0. The molecule has 168 valence electrons. The Morgan fingerprint density at radius 3 is 2.53 bits per heavy atom. The van der Waals surface area contributed by atoms with Gasteiger partial charge < -0.3 is 14.5 Å². The molecule has 0 unspecified atom stereocenters. The fourth-order valence-electron chi connectivity index (χ4n) is 2.42. The number of anilines is 1. The maximum absolute atomic E-state index is 12.7. The van der Waals surface area contributed by atoms with Crippen LogP contribution in [0.25, 0.3) is 0 Å². The van der Waals surface area contributed by atoms with Crippen LogP contribution in [0.2, 0.25) is 10.0 Å². The van der Waals surface area contributed by atoms with E-state index in [0.29, 0.717) is 21.6 Å². The van der Waals surface area contributed by atoms with Crippen molar-refractivity contribution in [3.8, 4) is 5.75 Å². The average molecular weight is 488 g/mol. The first-order chi connectivity index (χ1) is 15.1. The molecule has 0 saturated heterocycles. The molecule has 2 aromatic carbocycles. The number of hydrogen-bond acceptors (Lipinski definition) is 4. The monoisotopic (exact) mass is 487 g/mol. The zero-order valence-corrected chi connectivity index (χ0v) is 17.4. The third kappa shape index (κ3) is 6.32. The van der Waals surface area contributed by atoms with E-state index < -0.39 is 23.7 Å². The van der Waals surface area contributed by atoms with Gasteiger partial charge in [-0.3, -0.25) is 10.2 Å². The molecule has 3 rings (SSSR count). The van der Waals surface area contributed by atoms with E-state index in [-0.39, 0.29) is 18.1 Å². The standard InChI is InChI=1S/C20H14Cl2F3N3O4/c21-12-4-6-15(22)17(9-12)31-10-14-5-7-16(32-14)18(29)27-28-19(30)26-13-3-1-2-11(8-13)20(23,24)25/h1-9H,10H2,(H,27,29)(H2,26,28,30). The third-order valence-corrected chi connectivity index (χ3v) is 4.43. The summed E-state index contributed by atoms with van der Waals surface area (Å²) in [5.74, 6) is -0.314. The molecule has 0 aliphatic carbocycles. The van der Waals surface area contributed by atoms with E-state index in [1.54, 1.807) is 12.1 Å². The van der Waals surface area contributed by atoms with Crippen LogP contribution in [-0.4, -0.2) is 11.9 Å². The second-order valence-electron chi connectivity index (χ2n) is 6.24. The van der Waals surface area contributed by atoms with Gasteiger partial charge in [0.25, 0.3) is 0 Å². The molecule has 0 spiro atoms. The van der Waals surface area contributed by atoms with Crippen LogP contribution in [0.15, 0.2) is 59.0 Å². The zero-order chi connectivity index (χ0) is 23.3. The molecule has 0 fully saturated rings. The molecule has 1 aromatic heterocycles. The number of halogens is 5. The minimum atomic E-state index is -4.55. The molecule has 3 N–H and O–H groups in total. The summed E-state index contributed by atoms with van der Waals surface area (Å²) in [6, 6.07) is 10.6. The Balaban J connectivity index is 1.51. The van der Waals surface area contributed by atoms with Crippen molar-refractivity contribution in [2.24, 2.45) is 0 Å². The summed E-state index contributed by atoms with van der Waals surface area (Å²) in [5, 5.41) is 2.95. The largest absolute Gasteiger partial charge is 0.484 e. The number of carbonyl (C=O) groups is 2. The van der Waals surface area contributed by atoms with Gasteiger partial charge in [0.1, 0.15) is 18.1 Å². The van der Waals surface area contributed by atoms with Crippen LogP contribution in [-0.2, 0) is 12.8 Å². The van der Waals surface area contributed by atoms with Crippen molar-refractivity contribution in [2.45, 2.75) is 12.8 Å². The second-order valence-corrected chi connectivity index (χ2v) is 7.08. The first-order valence-electron chi connectivity index (χ1n) is 8.83. The first kappa shape index (κ1) is 23.3. The van der Waals surface area contributed by atoms with Crippen LogP contribution in [0.1, 0.15) is 21.9 Å². The summed E-state index contributed by atoms with van der Waals surface area (Å²) < 4.78 is 49.0. The summed E-state index contributed by atoms with van der Waals surface area (Å²) in [6.07, 6.45) is -4.55. The fraction of sp³-hybridized carbons (Fsp3) is 0.100. The molecule has 1 heterocycles. The quantitative estimate of drug-likeness (QED) is 0.405. The van der Waals surface area contributed by atoms with Crippen molar-refractivity contribution < 1.29 is 31.9 Å². The maximum Gasteiger partial charge on any atom is 0.416 e. The highest BCUT2D eigenvalue weighted by molar-refractivity contribution is 6.34. The minimum Gasteiger partial charge on any atom is -0.484 e. The van der Waals surface area contributed by atoms with E-state index >= 15 is 0 Å². The molecule has 0 bridgehead atoms. The lowest BCUT2D eigenvalue weighted by Crippen LogP contribution is -2.43. The van der Waals surface area contributed by atoms with Gasteiger partial charge in [0.05, 0.1) is 10.6 Å². The van der Waals surface area contributed by atoms with Crippen molar-refractivity contribution in [1.29, 1.82) is 0 Å². The van der Waals surface area contributed by atoms with Gasteiger partial charge in [-0.25, -0.2) is 10.2 Å². The molecule has 0 aliphatic rings. The van der Waals surface area contributed by atoms with Gasteiger partial charge >= 0.3 is 18.1 Å². The van der Waals surface area contributed by atoms with E-state index in [9.17, 15) is 22.8 Å². The lowest BCUT2D eigenvalue weighted by molar-refractivity contribution is -0.137. The van der Waals surface area contributed by atoms with Gasteiger partial charge in [0.15, 0.2) is 5.76 Å². The number of ether oxygens (including phenoxy) is 1. The van der Waals surface area contributed by atoms with Crippen LogP contribution in [0.5, 0.6) is 5.75 Å². The highest BCUT2D eigenvalue weighted by Gasteiger charge is 2.30. The Labute approximate surface area is 189 Å². The Morgan fingerprint density at radius 2 is 1.78 bits per heavy atom. The number of furan rings is 1. The van der Waals surface area contributed by atoms with Crippen LogP contribution >= 0.6 is 23.2 Å². The normalized spacial score (nSPS) is 11.0. The second kappa shape index (κ2) is 9.84. The Bertz CT molecular complexity index is 1140. The molecule has 32 heavy (non-hydrogen) atoms. The number of hydrogen-bond donors (Lipinski definition) is 3. The van der Waals surface area contributed by atoms with Crippen LogP contribution in [0, 0.1) is 0 Å². The van der Waals surface area contributed by atoms with Gasteiger partial charge in [0, 0.05) is 16.8 Å². The number of nitrogens with one attached hydrogen (secondary N) is 3. The van der Waals surface area contributed by atoms with Crippen LogP contribution < -0.4 is 20.9 Å². The number of carbonyl (C=O) groups excluding carboxylic acids is 2. The zero-order valence-electron chi connectivity index (χ0n) is 15.9. The van der Waals surface area contributed by atoms with Gasteiger partial charge in [0.2, 0.25) is 0 Å². The van der Waals surface area contributed by atoms with Gasteiger partial charge in [-0.1, -0.05) is 29.3 Å². The molecular formula is C20H14Cl2F3N3O4. The topological polar surface area (TPSA) is 92.6 Å². The molecule has 7 nitrogen and oxygen atoms in total. The summed E-state index contributed by atoms with van der Waals surface area (Å²) >= 11 is 11.9. The molecule has 0 atom stereocenters. The number of amides is 3. The summed E-state index contributed by atoms with van der Waals surface area (Å²) in [5.41, 5.74) is 3.05. The molecule has 0 saturated carbocycles. The number of rotatable bonds is 5. The molecule has 3 amide bonds. The number of alkyl halides is 3. The smallest absolute Gasteiger partial charge is 0.416 e.